The highest BCUT2D eigenvalue weighted by atomic mass is 32.2. The van der Waals surface area contributed by atoms with Crippen LogP contribution >= 0.6 is 0 Å². The summed E-state index contributed by atoms with van der Waals surface area (Å²) in [4.78, 5) is 33.9. The van der Waals surface area contributed by atoms with E-state index in [2.05, 4.69) is 61.0 Å². The van der Waals surface area contributed by atoms with Gasteiger partial charge < -0.3 is 51.1 Å². The zero-order valence-corrected chi connectivity index (χ0v) is 33.4. The standard InChI is InChI=1S/C34H46N14O8S2/c1-45-11-15-47(16-12-45)33-41-29(35-9-19-49)39-31(43-33)37-25-7-5-23(27(21-25)57(51,52)53)3-4-24-6-8-26(22-28(24)58(54,55)56)38-32-40-30(36-10-20-50)42-34(44-32)48-17-13-46(2)14-18-48/h3-8,21-22,49-50H,9-20H2,1-2H3,(H,51,52,53)(H,54,55,56)(H2,35,37,39,41,43)(H2,36,38,40,42,44)/b4-3+. The summed E-state index contributed by atoms with van der Waals surface area (Å²) in [6, 6.07) is 8.14. The number of hydrogen-bond donors (Lipinski definition) is 8. The number of aliphatic hydroxyl groups excluding tert-OH is 2. The molecule has 2 aromatic carbocycles. The number of nitrogens with zero attached hydrogens (tertiary/aromatic N) is 10. The third kappa shape index (κ3) is 11.2. The Morgan fingerprint density at radius 3 is 1.28 bits per heavy atom. The van der Waals surface area contributed by atoms with Crippen LogP contribution in [0.5, 0.6) is 0 Å². The third-order valence-electron chi connectivity index (χ3n) is 9.15. The fourth-order valence-electron chi connectivity index (χ4n) is 6.01. The minimum absolute atomic E-state index is 0.000133. The van der Waals surface area contributed by atoms with Gasteiger partial charge in [-0.2, -0.15) is 46.7 Å². The number of piperazine rings is 2. The van der Waals surface area contributed by atoms with E-state index in [1.165, 1.54) is 48.6 Å². The second kappa shape index (κ2) is 18.5. The van der Waals surface area contributed by atoms with Crippen LogP contribution in [-0.2, 0) is 20.2 Å². The summed E-state index contributed by atoms with van der Waals surface area (Å²) in [6.07, 6.45) is 2.56. The van der Waals surface area contributed by atoms with Crippen LogP contribution in [-0.4, -0.2) is 169 Å². The van der Waals surface area contributed by atoms with Crippen LogP contribution in [0.1, 0.15) is 11.1 Å². The fraction of sp³-hybridized carbons (Fsp3) is 0.412. The number of rotatable bonds is 16. The van der Waals surface area contributed by atoms with Gasteiger partial charge in [-0.05, 0) is 49.5 Å². The number of anilines is 8. The van der Waals surface area contributed by atoms with E-state index in [0.717, 1.165) is 26.2 Å². The highest BCUT2D eigenvalue weighted by Crippen LogP contribution is 2.29. The minimum atomic E-state index is -4.83. The largest absolute Gasteiger partial charge is 0.395 e. The molecule has 312 valence electrons. The van der Waals surface area contributed by atoms with E-state index in [9.17, 15) is 36.2 Å². The van der Waals surface area contributed by atoms with Gasteiger partial charge >= 0.3 is 0 Å². The number of nitrogens with one attached hydrogen (secondary N) is 4. The van der Waals surface area contributed by atoms with E-state index in [0.29, 0.717) is 38.1 Å². The molecule has 58 heavy (non-hydrogen) atoms. The molecule has 6 rings (SSSR count). The van der Waals surface area contributed by atoms with Crippen LogP contribution < -0.4 is 31.1 Å². The molecule has 2 aliphatic heterocycles. The lowest BCUT2D eigenvalue weighted by atomic mass is 10.1. The zero-order valence-electron chi connectivity index (χ0n) is 31.8. The van der Waals surface area contributed by atoms with Crippen molar-refractivity contribution in [1.29, 1.82) is 0 Å². The van der Waals surface area contributed by atoms with Crippen LogP contribution in [0.25, 0.3) is 12.2 Å². The molecule has 0 bridgehead atoms. The molecule has 2 aromatic heterocycles. The lowest BCUT2D eigenvalue weighted by Gasteiger charge is -2.32. The summed E-state index contributed by atoms with van der Waals surface area (Å²) in [5.41, 5.74) is 0.401. The van der Waals surface area contributed by atoms with Crippen LogP contribution in [0.4, 0.5) is 47.1 Å². The molecule has 24 heteroatoms. The van der Waals surface area contributed by atoms with E-state index in [4.69, 9.17) is 0 Å². The van der Waals surface area contributed by atoms with Gasteiger partial charge in [0.25, 0.3) is 20.2 Å². The Morgan fingerprint density at radius 1 is 0.569 bits per heavy atom. The first kappa shape index (κ1) is 42.3. The monoisotopic (exact) mass is 842 g/mol. The summed E-state index contributed by atoms with van der Waals surface area (Å²) in [6.45, 7) is 5.83. The van der Waals surface area contributed by atoms with Crippen molar-refractivity contribution in [3.05, 3.63) is 47.5 Å². The number of aromatic nitrogens is 6. The molecule has 0 atom stereocenters. The summed E-state index contributed by atoms with van der Waals surface area (Å²) in [7, 11) is -5.63. The molecule has 0 spiro atoms. The number of hydrogen-bond acceptors (Lipinski definition) is 20. The fourth-order valence-corrected chi connectivity index (χ4v) is 7.43. The normalized spacial score (nSPS) is 15.8. The summed E-state index contributed by atoms with van der Waals surface area (Å²) >= 11 is 0. The smallest absolute Gasteiger partial charge is 0.295 e. The van der Waals surface area contributed by atoms with E-state index < -0.39 is 30.0 Å². The first-order valence-corrected chi connectivity index (χ1v) is 21.1. The second-order valence-corrected chi connectivity index (χ2v) is 16.3. The van der Waals surface area contributed by atoms with Crippen molar-refractivity contribution < 1.29 is 36.2 Å². The van der Waals surface area contributed by atoms with Crippen molar-refractivity contribution >= 4 is 79.5 Å². The van der Waals surface area contributed by atoms with Crippen molar-refractivity contribution in [1.82, 2.24) is 39.7 Å². The van der Waals surface area contributed by atoms with Gasteiger partial charge in [0, 0.05) is 76.8 Å². The predicted molar refractivity (Wildman–Crippen MR) is 218 cm³/mol. The Hall–Kier alpha value is -5.34. The van der Waals surface area contributed by atoms with Gasteiger partial charge in [-0.15, -0.1) is 0 Å². The highest BCUT2D eigenvalue weighted by Gasteiger charge is 2.22. The maximum absolute atomic E-state index is 12.6. The maximum Gasteiger partial charge on any atom is 0.295 e. The van der Waals surface area contributed by atoms with Crippen molar-refractivity contribution in [2.45, 2.75) is 9.79 Å². The average molecular weight is 843 g/mol. The Bertz CT molecular complexity index is 2160. The van der Waals surface area contributed by atoms with Gasteiger partial charge in [-0.1, -0.05) is 24.3 Å². The van der Waals surface area contributed by atoms with Crippen molar-refractivity contribution in [3.8, 4) is 0 Å². The topological polar surface area (TPSA) is 288 Å². The van der Waals surface area contributed by atoms with Crippen LogP contribution in [0.3, 0.4) is 0 Å². The predicted octanol–water partition coefficient (Wildman–Crippen LogP) is 0.520. The van der Waals surface area contributed by atoms with Crippen LogP contribution in [0, 0.1) is 0 Å². The lowest BCUT2D eigenvalue weighted by molar-refractivity contribution is 0.310. The first-order valence-electron chi connectivity index (χ1n) is 18.2. The SMILES string of the molecule is CN1CCN(c2nc(NCCO)nc(Nc3ccc(/C=C/c4ccc(Nc5nc(NCCO)nc(N6CCN(C)CC6)n5)cc4S(=O)(=O)O)c(S(=O)(=O)O)c3)n2)CC1. The molecule has 0 amide bonds. The molecule has 0 unspecified atom stereocenters. The molecule has 0 radical (unpaired) electrons. The number of aliphatic hydroxyl groups is 2. The van der Waals surface area contributed by atoms with Gasteiger partial charge in [0.05, 0.1) is 13.2 Å². The van der Waals surface area contributed by atoms with Crippen molar-refractivity contribution in [2.75, 3.05) is 124 Å². The minimum Gasteiger partial charge on any atom is -0.395 e. The van der Waals surface area contributed by atoms with Crippen LogP contribution in [0.2, 0.25) is 0 Å². The Labute approximate surface area is 335 Å². The van der Waals surface area contributed by atoms with Gasteiger partial charge in [0.2, 0.25) is 35.7 Å². The molecule has 0 aliphatic carbocycles. The molecule has 4 heterocycles. The maximum atomic E-state index is 12.6. The van der Waals surface area contributed by atoms with Gasteiger partial charge in [0.15, 0.2) is 0 Å². The van der Waals surface area contributed by atoms with Gasteiger partial charge in [0.1, 0.15) is 9.79 Å². The quantitative estimate of drug-likeness (QED) is 0.0564. The van der Waals surface area contributed by atoms with Gasteiger partial charge in [-0.3, -0.25) is 9.11 Å². The lowest BCUT2D eigenvalue weighted by Crippen LogP contribution is -2.45. The molecule has 0 saturated carbocycles. The molecule has 2 saturated heterocycles. The van der Waals surface area contributed by atoms with Gasteiger partial charge in [-0.25, -0.2) is 0 Å². The van der Waals surface area contributed by atoms with Crippen LogP contribution in [0.15, 0.2) is 46.2 Å². The molecule has 2 fully saturated rings. The third-order valence-corrected chi connectivity index (χ3v) is 11.0. The second-order valence-electron chi connectivity index (χ2n) is 13.5. The van der Waals surface area contributed by atoms with E-state index in [1.54, 1.807) is 0 Å². The van der Waals surface area contributed by atoms with Crippen molar-refractivity contribution in [3.63, 3.8) is 0 Å². The number of likely N-dealkylation sites (N-methyl/N-ethyl adjacent to an activating group) is 2. The molecule has 4 aromatic rings. The summed E-state index contributed by atoms with van der Waals surface area (Å²) in [5.74, 6) is 1.28. The Kier molecular flexibility index (Phi) is 13.5. The van der Waals surface area contributed by atoms with E-state index in [-0.39, 0.29) is 72.6 Å². The number of benzene rings is 2. The highest BCUT2D eigenvalue weighted by molar-refractivity contribution is 7.86. The van der Waals surface area contributed by atoms with E-state index in [1.807, 2.05) is 23.9 Å². The molecule has 22 nitrogen and oxygen atoms in total. The zero-order chi connectivity index (χ0) is 41.5. The Morgan fingerprint density at radius 2 is 0.931 bits per heavy atom. The average Bonchev–Trinajstić information content (AvgIpc) is 3.18. The Balaban J connectivity index is 1.26. The molecular formula is C34H46N14O8S2. The molecular weight excluding hydrogens is 797 g/mol. The van der Waals surface area contributed by atoms with Crippen molar-refractivity contribution in [2.24, 2.45) is 0 Å². The first-order chi connectivity index (χ1) is 27.7. The molecule has 8 N–H and O–H groups in total. The van der Waals surface area contributed by atoms with E-state index >= 15 is 0 Å². The summed E-state index contributed by atoms with van der Waals surface area (Å²) < 4.78 is 70.9. The molecule has 2 aliphatic rings. The summed E-state index contributed by atoms with van der Waals surface area (Å²) in [5, 5.41) is 30.4.